The number of aliphatic hydroxyl groups is 1. The molecule has 0 aliphatic carbocycles. The molecule has 0 unspecified atom stereocenters. The van der Waals surface area contributed by atoms with Crippen molar-refractivity contribution in [3.05, 3.63) is 42.0 Å². The Hall–Kier alpha value is -1.17. The van der Waals surface area contributed by atoms with Crippen LogP contribution in [0, 0.1) is 12.8 Å². The molecule has 1 aliphatic heterocycles. The number of nitrogens with zero attached hydrogens (tertiary/aromatic N) is 1. The molecule has 0 bridgehead atoms. The highest BCUT2D eigenvalue weighted by Gasteiger charge is 2.39. The smallest absolute Gasteiger partial charge is 0.243 e. The second-order valence-electron chi connectivity index (χ2n) is 6.07. The number of benzene rings is 1. The summed E-state index contributed by atoms with van der Waals surface area (Å²) in [5.74, 6) is -0.160. The molecule has 2 atom stereocenters. The van der Waals surface area contributed by atoms with Gasteiger partial charge in [-0.25, -0.2) is 8.42 Å². The summed E-state index contributed by atoms with van der Waals surface area (Å²) in [7, 11) is -3.54. The molecule has 1 aromatic rings. The Kier molecular flexibility index (Phi) is 5.42. The van der Waals surface area contributed by atoms with E-state index >= 15 is 0 Å². The van der Waals surface area contributed by atoms with Crippen molar-refractivity contribution in [3.63, 3.8) is 0 Å². The van der Waals surface area contributed by atoms with Gasteiger partial charge in [0, 0.05) is 19.0 Å². The summed E-state index contributed by atoms with van der Waals surface area (Å²) in [5, 5.41) is 10.2. The quantitative estimate of drug-likeness (QED) is 0.819. The van der Waals surface area contributed by atoms with Gasteiger partial charge in [0.2, 0.25) is 10.0 Å². The minimum Gasteiger partial charge on any atom is -0.391 e. The van der Waals surface area contributed by atoms with Crippen LogP contribution in [0.2, 0.25) is 0 Å². The van der Waals surface area contributed by atoms with Crippen molar-refractivity contribution in [2.45, 2.75) is 44.1 Å². The van der Waals surface area contributed by atoms with Crippen molar-refractivity contribution >= 4 is 10.0 Å². The molecular formula is C17H25NO3S. The third-order valence-corrected chi connectivity index (χ3v) is 6.14. The molecule has 2 rings (SSSR count). The Labute approximate surface area is 133 Å². The van der Waals surface area contributed by atoms with E-state index in [2.05, 4.69) is 13.5 Å². The van der Waals surface area contributed by atoms with E-state index in [1.54, 1.807) is 24.3 Å². The Morgan fingerprint density at radius 3 is 2.55 bits per heavy atom. The van der Waals surface area contributed by atoms with Crippen LogP contribution in [0.4, 0.5) is 0 Å². The number of hydrogen-bond donors (Lipinski definition) is 1. The van der Waals surface area contributed by atoms with Crippen LogP contribution < -0.4 is 0 Å². The Bertz CT molecular complexity index is 622. The minimum absolute atomic E-state index is 0.145. The lowest BCUT2D eigenvalue weighted by Crippen LogP contribution is -2.29. The molecule has 1 N–H and O–H groups in total. The molecule has 0 saturated carbocycles. The van der Waals surface area contributed by atoms with Crippen LogP contribution in [0.5, 0.6) is 0 Å². The second kappa shape index (κ2) is 6.94. The van der Waals surface area contributed by atoms with Crippen LogP contribution in [-0.2, 0) is 10.0 Å². The van der Waals surface area contributed by atoms with Gasteiger partial charge in [0.1, 0.15) is 0 Å². The predicted molar refractivity (Wildman–Crippen MR) is 88.1 cm³/mol. The summed E-state index contributed by atoms with van der Waals surface area (Å²) < 4.78 is 26.7. The monoisotopic (exact) mass is 323 g/mol. The van der Waals surface area contributed by atoms with Gasteiger partial charge in [-0.3, -0.25) is 0 Å². The topological polar surface area (TPSA) is 57.6 Å². The summed E-state index contributed by atoms with van der Waals surface area (Å²) >= 11 is 0. The van der Waals surface area contributed by atoms with Crippen molar-refractivity contribution in [1.29, 1.82) is 0 Å². The highest BCUT2D eigenvalue weighted by atomic mass is 32.2. The zero-order valence-electron chi connectivity index (χ0n) is 13.3. The third-order valence-electron chi connectivity index (χ3n) is 4.29. The average Bonchev–Trinajstić information content (AvgIpc) is 2.88. The number of rotatable bonds is 6. The number of aliphatic hydroxyl groups excluding tert-OH is 1. The SMILES string of the molecule is C=C(CCCC)[C@@H]1CN(S(=O)(=O)c2ccc(C)cc2)C[C@@H]1O. The lowest BCUT2D eigenvalue weighted by molar-refractivity contribution is 0.158. The summed E-state index contributed by atoms with van der Waals surface area (Å²) in [6.07, 6.45) is 2.26. The lowest BCUT2D eigenvalue weighted by Gasteiger charge is -2.17. The third kappa shape index (κ3) is 3.59. The summed E-state index contributed by atoms with van der Waals surface area (Å²) in [5.41, 5.74) is 1.97. The molecule has 122 valence electrons. The highest BCUT2D eigenvalue weighted by molar-refractivity contribution is 7.89. The van der Waals surface area contributed by atoms with Crippen molar-refractivity contribution < 1.29 is 13.5 Å². The maximum atomic E-state index is 12.7. The van der Waals surface area contributed by atoms with Crippen LogP contribution in [0.15, 0.2) is 41.3 Å². The van der Waals surface area contributed by atoms with Crippen LogP contribution in [-0.4, -0.2) is 37.0 Å². The molecule has 22 heavy (non-hydrogen) atoms. The largest absolute Gasteiger partial charge is 0.391 e. The van der Waals surface area contributed by atoms with Crippen LogP contribution in [0.1, 0.15) is 31.7 Å². The molecule has 0 spiro atoms. The predicted octanol–water partition coefficient (Wildman–Crippen LogP) is 2.72. The number of β-amino-alcohol motifs (C(OH)–C–C–N with tert-alkyl or cyclic N) is 1. The molecule has 0 amide bonds. The van der Waals surface area contributed by atoms with Gasteiger partial charge in [-0.15, -0.1) is 0 Å². The number of unbranched alkanes of at least 4 members (excludes halogenated alkanes) is 1. The van der Waals surface area contributed by atoms with E-state index in [0.29, 0.717) is 6.54 Å². The first-order valence-corrected chi connectivity index (χ1v) is 9.22. The number of hydrogen-bond acceptors (Lipinski definition) is 3. The first-order valence-electron chi connectivity index (χ1n) is 7.78. The lowest BCUT2D eigenvalue weighted by atomic mass is 9.93. The van der Waals surface area contributed by atoms with E-state index in [9.17, 15) is 13.5 Å². The van der Waals surface area contributed by atoms with Crippen molar-refractivity contribution in [1.82, 2.24) is 4.31 Å². The molecule has 0 radical (unpaired) electrons. The van der Waals surface area contributed by atoms with E-state index in [0.717, 1.165) is 30.4 Å². The summed E-state index contributed by atoms with van der Waals surface area (Å²) in [6.45, 7) is 8.53. The van der Waals surface area contributed by atoms with E-state index in [-0.39, 0.29) is 17.4 Å². The maximum Gasteiger partial charge on any atom is 0.243 e. The average molecular weight is 323 g/mol. The minimum atomic E-state index is -3.54. The van der Waals surface area contributed by atoms with Crippen LogP contribution in [0.25, 0.3) is 0 Å². The maximum absolute atomic E-state index is 12.7. The molecule has 0 aromatic heterocycles. The van der Waals surface area contributed by atoms with E-state index in [1.165, 1.54) is 4.31 Å². The van der Waals surface area contributed by atoms with Gasteiger partial charge in [-0.2, -0.15) is 4.31 Å². The zero-order valence-corrected chi connectivity index (χ0v) is 14.1. The van der Waals surface area contributed by atoms with Gasteiger partial charge in [0.25, 0.3) is 0 Å². The molecular weight excluding hydrogens is 298 g/mol. The van der Waals surface area contributed by atoms with Gasteiger partial charge < -0.3 is 5.11 Å². The summed E-state index contributed by atoms with van der Waals surface area (Å²) in [4.78, 5) is 0.283. The van der Waals surface area contributed by atoms with E-state index < -0.39 is 16.1 Å². The van der Waals surface area contributed by atoms with Gasteiger partial charge >= 0.3 is 0 Å². The van der Waals surface area contributed by atoms with E-state index in [4.69, 9.17) is 0 Å². The van der Waals surface area contributed by atoms with Crippen LogP contribution in [0.3, 0.4) is 0 Å². The summed E-state index contributed by atoms with van der Waals surface area (Å²) in [6, 6.07) is 6.82. The first kappa shape index (κ1) is 17.2. The van der Waals surface area contributed by atoms with E-state index in [1.807, 2.05) is 6.92 Å². The molecule has 1 heterocycles. The molecule has 1 aromatic carbocycles. The van der Waals surface area contributed by atoms with Gasteiger partial charge in [0.05, 0.1) is 11.0 Å². The van der Waals surface area contributed by atoms with Gasteiger partial charge in [-0.05, 0) is 31.9 Å². The first-order chi connectivity index (χ1) is 10.4. The van der Waals surface area contributed by atoms with Crippen LogP contribution >= 0.6 is 0 Å². The fourth-order valence-electron chi connectivity index (χ4n) is 2.80. The Morgan fingerprint density at radius 2 is 1.95 bits per heavy atom. The normalized spacial score (nSPS) is 22.9. The van der Waals surface area contributed by atoms with Crippen molar-refractivity contribution in [3.8, 4) is 0 Å². The molecule has 1 aliphatic rings. The highest BCUT2D eigenvalue weighted by Crippen LogP contribution is 2.30. The van der Waals surface area contributed by atoms with Crippen molar-refractivity contribution in [2.24, 2.45) is 5.92 Å². The second-order valence-corrected chi connectivity index (χ2v) is 8.01. The Balaban J connectivity index is 2.13. The number of aryl methyl sites for hydroxylation is 1. The molecule has 5 heteroatoms. The fraction of sp³-hybridized carbons (Fsp3) is 0.529. The fourth-order valence-corrected chi connectivity index (χ4v) is 4.28. The standard InChI is InChI=1S/C17H25NO3S/c1-4-5-6-14(3)16-11-18(12-17(16)19)22(20,21)15-9-7-13(2)8-10-15/h7-10,16-17,19H,3-6,11-12H2,1-2H3/t16-,17-/m0/s1. The number of sulfonamides is 1. The van der Waals surface area contributed by atoms with Gasteiger partial charge in [0.15, 0.2) is 0 Å². The zero-order chi connectivity index (χ0) is 16.3. The molecule has 1 fully saturated rings. The van der Waals surface area contributed by atoms with Crippen molar-refractivity contribution in [2.75, 3.05) is 13.1 Å². The van der Waals surface area contributed by atoms with Gasteiger partial charge in [-0.1, -0.05) is 43.2 Å². The molecule has 4 nitrogen and oxygen atoms in total. The Morgan fingerprint density at radius 1 is 1.32 bits per heavy atom. The molecule has 1 saturated heterocycles.